The largest absolute Gasteiger partial charge is 0.497 e. The SMILES string of the molecule is COc1ccc(N=Cc2cc(Br)c(OCc3ccc(Br)cc3)c(Br)c2)cc1. The summed E-state index contributed by atoms with van der Waals surface area (Å²) in [5.74, 6) is 1.58. The lowest BCUT2D eigenvalue weighted by atomic mass is 10.2. The number of benzene rings is 3. The molecule has 0 fully saturated rings. The fourth-order valence-corrected chi connectivity index (χ4v) is 4.06. The third kappa shape index (κ3) is 5.67. The Morgan fingerprint density at radius 1 is 0.889 bits per heavy atom. The molecule has 0 amide bonds. The fraction of sp³-hybridized carbons (Fsp3) is 0.0952. The van der Waals surface area contributed by atoms with E-state index in [0.29, 0.717) is 6.61 Å². The van der Waals surface area contributed by atoms with Crippen LogP contribution >= 0.6 is 47.8 Å². The maximum atomic E-state index is 5.97. The summed E-state index contributed by atoms with van der Waals surface area (Å²) in [6.45, 7) is 0.490. The van der Waals surface area contributed by atoms with Crippen LogP contribution in [0, 0.1) is 0 Å². The summed E-state index contributed by atoms with van der Waals surface area (Å²) in [5, 5.41) is 0. The minimum atomic E-state index is 0.490. The molecule has 6 heteroatoms. The van der Waals surface area contributed by atoms with Gasteiger partial charge in [-0.25, -0.2) is 0 Å². The lowest BCUT2D eigenvalue weighted by molar-refractivity contribution is 0.302. The van der Waals surface area contributed by atoms with E-state index >= 15 is 0 Å². The lowest BCUT2D eigenvalue weighted by Crippen LogP contribution is -1.97. The van der Waals surface area contributed by atoms with Gasteiger partial charge in [0.15, 0.2) is 0 Å². The first-order valence-electron chi connectivity index (χ1n) is 8.09. The number of rotatable bonds is 6. The van der Waals surface area contributed by atoms with E-state index in [1.807, 2.05) is 66.9 Å². The van der Waals surface area contributed by atoms with Crippen molar-refractivity contribution in [2.24, 2.45) is 4.99 Å². The highest BCUT2D eigenvalue weighted by atomic mass is 79.9. The molecular weight excluding hydrogens is 538 g/mol. The summed E-state index contributed by atoms with van der Waals surface area (Å²) < 4.78 is 13.9. The Morgan fingerprint density at radius 2 is 1.52 bits per heavy atom. The Hall–Kier alpha value is -1.63. The molecule has 3 rings (SSSR count). The molecule has 0 aliphatic rings. The van der Waals surface area contributed by atoms with Crippen LogP contribution in [-0.2, 0) is 6.61 Å². The van der Waals surface area contributed by atoms with E-state index in [4.69, 9.17) is 9.47 Å². The van der Waals surface area contributed by atoms with Gasteiger partial charge in [0.05, 0.1) is 21.7 Å². The summed E-state index contributed by atoms with van der Waals surface area (Å²) in [4.78, 5) is 4.50. The van der Waals surface area contributed by atoms with Gasteiger partial charge in [0.2, 0.25) is 0 Å². The van der Waals surface area contributed by atoms with Crippen LogP contribution in [-0.4, -0.2) is 13.3 Å². The number of nitrogens with zero attached hydrogens (tertiary/aromatic N) is 1. The van der Waals surface area contributed by atoms with E-state index in [0.717, 1.165) is 41.7 Å². The van der Waals surface area contributed by atoms with Crippen molar-refractivity contribution in [2.45, 2.75) is 6.61 Å². The van der Waals surface area contributed by atoms with Gasteiger partial charge in [-0.2, -0.15) is 0 Å². The van der Waals surface area contributed by atoms with Gasteiger partial charge in [-0.3, -0.25) is 4.99 Å². The van der Waals surface area contributed by atoms with E-state index in [1.165, 1.54) is 0 Å². The highest BCUT2D eigenvalue weighted by Crippen LogP contribution is 2.35. The van der Waals surface area contributed by atoms with Crippen LogP contribution in [0.3, 0.4) is 0 Å². The summed E-state index contributed by atoms with van der Waals surface area (Å²) in [6, 6.07) is 19.6. The van der Waals surface area contributed by atoms with Crippen molar-refractivity contribution >= 4 is 59.7 Å². The topological polar surface area (TPSA) is 30.8 Å². The molecule has 0 aliphatic carbocycles. The van der Waals surface area contributed by atoms with Crippen LogP contribution in [0.5, 0.6) is 11.5 Å². The number of hydrogen-bond donors (Lipinski definition) is 0. The van der Waals surface area contributed by atoms with Crippen LogP contribution in [0.2, 0.25) is 0 Å². The monoisotopic (exact) mass is 551 g/mol. The third-order valence-corrected chi connectivity index (χ3v) is 5.46. The van der Waals surface area contributed by atoms with E-state index in [9.17, 15) is 0 Å². The third-order valence-electron chi connectivity index (χ3n) is 3.75. The molecule has 0 bridgehead atoms. The molecule has 0 saturated heterocycles. The molecular formula is C21H16Br3NO2. The first-order chi connectivity index (χ1) is 13.0. The van der Waals surface area contributed by atoms with Gasteiger partial charge >= 0.3 is 0 Å². The molecule has 0 heterocycles. The standard InChI is InChI=1S/C21H16Br3NO2/c1-26-18-8-6-17(7-9-18)25-12-15-10-19(23)21(20(24)11-15)27-13-14-2-4-16(22)5-3-14/h2-12H,13H2,1H3. The maximum Gasteiger partial charge on any atom is 0.148 e. The summed E-state index contributed by atoms with van der Waals surface area (Å²) in [5.41, 5.74) is 2.92. The minimum absolute atomic E-state index is 0.490. The number of hydrogen-bond acceptors (Lipinski definition) is 3. The van der Waals surface area contributed by atoms with Gasteiger partial charge < -0.3 is 9.47 Å². The van der Waals surface area contributed by atoms with Crippen LogP contribution in [0.1, 0.15) is 11.1 Å². The molecule has 0 unspecified atom stereocenters. The Balaban J connectivity index is 1.71. The Labute approximate surface area is 183 Å². The average molecular weight is 554 g/mol. The first-order valence-corrected chi connectivity index (χ1v) is 10.5. The predicted octanol–water partition coefficient (Wildman–Crippen LogP) is 7.31. The molecule has 0 aromatic heterocycles. The quantitative estimate of drug-likeness (QED) is 0.300. The molecule has 0 spiro atoms. The maximum absolute atomic E-state index is 5.97. The first kappa shape index (κ1) is 20.1. The molecule has 3 nitrogen and oxygen atoms in total. The number of halogens is 3. The van der Waals surface area contributed by atoms with Gasteiger partial charge in [-0.1, -0.05) is 28.1 Å². The molecule has 3 aromatic rings. The molecule has 0 atom stereocenters. The second-order valence-electron chi connectivity index (χ2n) is 5.69. The van der Waals surface area contributed by atoms with Gasteiger partial charge in [0.1, 0.15) is 18.1 Å². The van der Waals surface area contributed by atoms with Gasteiger partial charge in [-0.15, -0.1) is 0 Å². The summed E-state index contributed by atoms with van der Waals surface area (Å²) in [6.07, 6.45) is 1.82. The number of methoxy groups -OCH3 is 1. The molecule has 0 aliphatic heterocycles. The highest BCUT2D eigenvalue weighted by molar-refractivity contribution is 9.11. The van der Waals surface area contributed by atoms with Crippen molar-refractivity contribution in [2.75, 3.05) is 7.11 Å². The van der Waals surface area contributed by atoms with E-state index < -0.39 is 0 Å². The van der Waals surface area contributed by atoms with Gasteiger partial charge in [-0.05, 0) is 91.5 Å². The van der Waals surface area contributed by atoms with Crippen molar-refractivity contribution in [3.05, 3.63) is 85.2 Å². The van der Waals surface area contributed by atoms with Crippen molar-refractivity contribution in [3.8, 4) is 11.5 Å². The van der Waals surface area contributed by atoms with Crippen molar-refractivity contribution in [1.82, 2.24) is 0 Å². The zero-order valence-electron chi connectivity index (χ0n) is 14.5. The Morgan fingerprint density at radius 3 is 2.11 bits per heavy atom. The van der Waals surface area contributed by atoms with Gasteiger partial charge in [0, 0.05) is 10.7 Å². The Kier molecular flexibility index (Phi) is 7.10. The smallest absolute Gasteiger partial charge is 0.148 e. The van der Waals surface area contributed by atoms with E-state index in [1.54, 1.807) is 7.11 Å². The average Bonchev–Trinajstić information content (AvgIpc) is 2.67. The number of aliphatic imine (C=N–C) groups is 1. The zero-order chi connectivity index (χ0) is 19.2. The minimum Gasteiger partial charge on any atom is -0.497 e. The van der Waals surface area contributed by atoms with Crippen LogP contribution in [0.25, 0.3) is 0 Å². The Bertz CT molecular complexity index is 916. The molecule has 0 radical (unpaired) electrons. The normalized spacial score (nSPS) is 11.0. The van der Waals surface area contributed by atoms with E-state index in [2.05, 4.69) is 52.8 Å². The second kappa shape index (κ2) is 9.53. The van der Waals surface area contributed by atoms with Crippen molar-refractivity contribution in [1.29, 1.82) is 0 Å². The molecule has 138 valence electrons. The van der Waals surface area contributed by atoms with Crippen LogP contribution < -0.4 is 9.47 Å². The zero-order valence-corrected chi connectivity index (χ0v) is 19.2. The molecule has 27 heavy (non-hydrogen) atoms. The van der Waals surface area contributed by atoms with E-state index in [-0.39, 0.29) is 0 Å². The fourth-order valence-electron chi connectivity index (χ4n) is 2.35. The van der Waals surface area contributed by atoms with Crippen LogP contribution in [0.15, 0.2) is 79.1 Å². The predicted molar refractivity (Wildman–Crippen MR) is 121 cm³/mol. The highest BCUT2D eigenvalue weighted by Gasteiger charge is 2.09. The van der Waals surface area contributed by atoms with Crippen LogP contribution in [0.4, 0.5) is 5.69 Å². The lowest BCUT2D eigenvalue weighted by Gasteiger charge is -2.11. The molecule has 0 saturated carbocycles. The number of ether oxygens (including phenoxy) is 2. The molecule has 3 aromatic carbocycles. The van der Waals surface area contributed by atoms with Crippen molar-refractivity contribution < 1.29 is 9.47 Å². The summed E-state index contributed by atoms with van der Waals surface area (Å²) >= 11 is 10.6. The summed E-state index contributed by atoms with van der Waals surface area (Å²) in [7, 11) is 1.65. The van der Waals surface area contributed by atoms with Crippen molar-refractivity contribution in [3.63, 3.8) is 0 Å². The van der Waals surface area contributed by atoms with Gasteiger partial charge in [0.25, 0.3) is 0 Å². The molecule has 0 N–H and O–H groups in total. The second-order valence-corrected chi connectivity index (χ2v) is 8.31.